The molecule has 2 rings (SSSR count). The number of hydrogen-bond donors (Lipinski definition) is 3. The molecule has 1 atom stereocenters. The Hall–Kier alpha value is -3.15. The third kappa shape index (κ3) is 7.41. The summed E-state index contributed by atoms with van der Waals surface area (Å²) in [5.41, 5.74) is 2.52. The second-order valence-corrected chi connectivity index (χ2v) is 6.89. The Morgan fingerprint density at radius 1 is 0.966 bits per heavy atom. The van der Waals surface area contributed by atoms with E-state index in [1.807, 2.05) is 48.5 Å². The van der Waals surface area contributed by atoms with E-state index in [2.05, 4.69) is 22.9 Å². The third-order valence-corrected chi connectivity index (χ3v) is 4.72. The van der Waals surface area contributed by atoms with E-state index in [0.29, 0.717) is 24.9 Å². The van der Waals surface area contributed by atoms with Crippen LogP contribution in [0.1, 0.15) is 43.0 Å². The second kappa shape index (κ2) is 12.3. The highest BCUT2D eigenvalue weighted by Crippen LogP contribution is 2.19. The molecule has 0 saturated heterocycles. The molecule has 2 aromatic carbocycles. The Morgan fingerprint density at radius 3 is 2.45 bits per heavy atom. The summed E-state index contributed by atoms with van der Waals surface area (Å²) in [7, 11) is 0. The molecule has 0 unspecified atom stereocenters. The van der Waals surface area contributed by atoms with Gasteiger partial charge >= 0.3 is 0 Å². The van der Waals surface area contributed by atoms with Crippen LogP contribution in [0.3, 0.4) is 0 Å². The van der Waals surface area contributed by atoms with E-state index in [1.54, 1.807) is 6.07 Å². The molecule has 0 aliphatic rings. The number of rotatable bonds is 12. The molecule has 6 heteroatoms. The van der Waals surface area contributed by atoms with Gasteiger partial charge in [0.25, 0.3) is 5.91 Å². The maximum absolute atomic E-state index is 12.4. The van der Waals surface area contributed by atoms with E-state index < -0.39 is 0 Å². The number of benzene rings is 2. The van der Waals surface area contributed by atoms with Crippen LogP contribution in [-0.4, -0.2) is 31.4 Å². The van der Waals surface area contributed by atoms with Crippen molar-refractivity contribution in [2.45, 2.75) is 32.6 Å². The predicted octanol–water partition coefficient (Wildman–Crippen LogP) is 3.10. The molecule has 0 heterocycles. The van der Waals surface area contributed by atoms with Gasteiger partial charge in [0.15, 0.2) is 0 Å². The Bertz CT molecular complexity index is 793. The number of carbonyl (C=O) groups is 3. The van der Waals surface area contributed by atoms with Gasteiger partial charge in [0.2, 0.25) is 12.3 Å². The van der Waals surface area contributed by atoms with E-state index >= 15 is 0 Å². The molecule has 0 spiro atoms. The van der Waals surface area contributed by atoms with E-state index in [-0.39, 0.29) is 24.4 Å². The van der Waals surface area contributed by atoms with Gasteiger partial charge in [-0.3, -0.25) is 14.4 Å². The summed E-state index contributed by atoms with van der Waals surface area (Å²) in [6, 6.07) is 17.2. The van der Waals surface area contributed by atoms with Crippen molar-refractivity contribution in [2.24, 2.45) is 5.92 Å². The fourth-order valence-corrected chi connectivity index (χ4v) is 3.09. The van der Waals surface area contributed by atoms with Gasteiger partial charge in [-0.2, -0.15) is 0 Å². The fraction of sp³-hybridized carbons (Fsp3) is 0.348. The van der Waals surface area contributed by atoms with Crippen molar-refractivity contribution >= 4 is 18.2 Å². The first-order chi connectivity index (χ1) is 14.2. The molecular formula is C23H29N3O3. The van der Waals surface area contributed by atoms with Gasteiger partial charge < -0.3 is 16.0 Å². The summed E-state index contributed by atoms with van der Waals surface area (Å²) < 4.78 is 0. The Balaban J connectivity index is 1.88. The number of unbranched alkanes of at least 4 members (excludes halogenated alkanes) is 2. The largest absolute Gasteiger partial charge is 0.358 e. The molecule has 0 radical (unpaired) electrons. The smallest absolute Gasteiger partial charge is 0.252 e. The first kappa shape index (κ1) is 22.1. The molecule has 0 bridgehead atoms. The summed E-state index contributed by atoms with van der Waals surface area (Å²) in [5, 5.41) is 8.04. The maximum Gasteiger partial charge on any atom is 0.252 e. The molecule has 154 valence electrons. The molecular weight excluding hydrogens is 366 g/mol. The van der Waals surface area contributed by atoms with Crippen molar-refractivity contribution in [3.8, 4) is 11.1 Å². The van der Waals surface area contributed by atoms with Crippen LogP contribution in [0.25, 0.3) is 11.1 Å². The summed E-state index contributed by atoms with van der Waals surface area (Å²) in [4.78, 5) is 35.4. The topological polar surface area (TPSA) is 87.3 Å². The van der Waals surface area contributed by atoms with E-state index in [1.165, 1.54) is 0 Å². The summed E-state index contributed by atoms with van der Waals surface area (Å²) >= 11 is 0. The number of nitrogens with one attached hydrogen (secondary N) is 3. The van der Waals surface area contributed by atoms with Gasteiger partial charge in [0.1, 0.15) is 0 Å². The van der Waals surface area contributed by atoms with Gasteiger partial charge in [-0.25, -0.2) is 0 Å². The van der Waals surface area contributed by atoms with Crippen molar-refractivity contribution in [1.29, 1.82) is 0 Å². The average Bonchev–Trinajstić information content (AvgIpc) is 2.76. The molecule has 0 fully saturated rings. The zero-order valence-electron chi connectivity index (χ0n) is 16.8. The van der Waals surface area contributed by atoms with E-state index in [9.17, 15) is 14.4 Å². The lowest BCUT2D eigenvalue weighted by Crippen LogP contribution is -2.42. The molecule has 29 heavy (non-hydrogen) atoms. The molecule has 0 aliphatic carbocycles. The SMILES string of the molecule is CCCCC[C@H](CNC=O)C(=O)NCNC(=O)c1cccc(-c2ccccc2)c1. The van der Waals surface area contributed by atoms with Crippen molar-refractivity contribution in [3.63, 3.8) is 0 Å². The lowest BCUT2D eigenvalue weighted by Gasteiger charge is -2.16. The normalized spacial score (nSPS) is 11.3. The highest BCUT2D eigenvalue weighted by atomic mass is 16.2. The Labute approximate surface area is 172 Å². The minimum Gasteiger partial charge on any atom is -0.358 e. The quantitative estimate of drug-likeness (QED) is 0.293. The van der Waals surface area contributed by atoms with Gasteiger partial charge in [-0.1, -0.05) is 68.7 Å². The second-order valence-electron chi connectivity index (χ2n) is 6.89. The summed E-state index contributed by atoms with van der Waals surface area (Å²) in [6.07, 6.45) is 4.33. The predicted molar refractivity (Wildman–Crippen MR) is 114 cm³/mol. The molecule has 0 aromatic heterocycles. The van der Waals surface area contributed by atoms with E-state index in [0.717, 1.165) is 30.4 Å². The molecule has 0 aliphatic heterocycles. The van der Waals surface area contributed by atoms with Crippen molar-refractivity contribution in [2.75, 3.05) is 13.2 Å². The van der Waals surface area contributed by atoms with Crippen LogP contribution >= 0.6 is 0 Å². The van der Waals surface area contributed by atoms with Crippen molar-refractivity contribution in [1.82, 2.24) is 16.0 Å². The molecule has 2 aromatic rings. The minimum absolute atomic E-state index is 0.0403. The van der Waals surface area contributed by atoms with Crippen LogP contribution in [0.4, 0.5) is 0 Å². The molecule has 3 N–H and O–H groups in total. The fourth-order valence-electron chi connectivity index (χ4n) is 3.09. The van der Waals surface area contributed by atoms with Crippen LogP contribution < -0.4 is 16.0 Å². The molecule has 0 saturated carbocycles. The lowest BCUT2D eigenvalue weighted by atomic mass is 10.0. The van der Waals surface area contributed by atoms with Gasteiger partial charge in [-0.15, -0.1) is 0 Å². The van der Waals surface area contributed by atoms with Crippen molar-refractivity contribution in [3.05, 3.63) is 60.2 Å². The van der Waals surface area contributed by atoms with Gasteiger partial charge in [-0.05, 0) is 29.7 Å². The van der Waals surface area contributed by atoms with Crippen LogP contribution in [0.2, 0.25) is 0 Å². The molecule has 6 nitrogen and oxygen atoms in total. The zero-order valence-corrected chi connectivity index (χ0v) is 16.8. The monoisotopic (exact) mass is 395 g/mol. The number of carbonyl (C=O) groups excluding carboxylic acids is 3. The van der Waals surface area contributed by atoms with Crippen molar-refractivity contribution < 1.29 is 14.4 Å². The first-order valence-electron chi connectivity index (χ1n) is 10.0. The third-order valence-electron chi connectivity index (χ3n) is 4.72. The highest BCUT2D eigenvalue weighted by molar-refractivity contribution is 5.95. The maximum atomic E-state index is 12.4. The minimum atomic E-state index is -0.301. The average molecular weight is 396 g/mol. The molecule has 3 amide bonds. The van der Waals surface area contributed by atoms with Crippen LogP contribution in [0, 0.1) is 5.92 Å². The van der Waals surface area contributed by atoms with Gasteiger partial charge in [0.05, 0.1) is 12.6 Å². The Kier molecular flexibility index (Phi) is 9.42. The number of hydrogen-bond acceptors (Lipinski definition) is 3. The van der Waals surface area contributed by atoms with E-state index in [4.69, 9.17) is 0 Å². The standard InChI is InChI=1S/C23H29N3O3/c1-2-3-5-11-21(15-24-17-27)23(29)26-16-25-22(28)20-13-8-12-19(14-20)18-9-6-4-7-10-18/h4,6-10,12-14,17,21H,2-3,5,11,15-16H2,1H3,(H,24,27)(H,25,28)(H,26,29)/t21-/m1/s1. The van der Waals surface area contributed by atoms with Crippen LogP contribution in [0.5, 0.6) is 0 Å². The van der Waals surface area contributed by atoms with Gasteiger partial charge in [0, 0.05) is 12.1 Å². The summed E-state index contributed by atoms with van der Waals surface area (Å²) in [6.45, 7) is 2.44. The number of amides is 3. The lowest BCUT2D eigenvalue weighted by molar-refractivity contribution is -0.125. The zero-order chi connectivity index (χ0) is 20.9. The highest BCUT2D eigenvalue weighted by Gasteiger charge is 2.17. The van der Waals surface area contributed by atoms with Crippen LogP contribution in [-0.2, 0) is 9.59 Å². The van der Waals surface area contributed by atoms with Crippen LogP contribution in [0.15, 0.2) is 54.6 Å². The first-order valence-corrected chi connectivity index (χ1v) is 10.0. The Morgan fingerprint density at radius 2 is 1.72 bits per heavy atom. The summed E-state index contributed by atoms with van der Waals surface area (Å²) in [5.74, 6) is -0.726.